The SMILES string of the molecule is CC(C)(C)c1cc2c3c(c1)C1(c4ccccc4)CCCCC1(C)N3c1cc(N3c4ccccc4C4(C)CCCCC34C)cc3c1B2c1cc(C(C)(C)C)cc2c4cc(C(C)(C)C)ccc4n-3c12. The average Bonchev–Trinajstić information content (AvgIpc) is 3.83. The Morgan fingerprint density at radius 1 is 0.493 bits per heavy atom. The number of benzene rings is 6. The van der Waals surface area contributed by atoms with E-state index >= 15 is 0 Å². The van der Waals surface area contributed by atoms with E-state index in [4.69, 9.17) is 0 Å². The van der Waals surface area contributed by atoms with Gasteiger partial charge in [-0.1, -0.05) is 168 Å². The molecule has 4 heteroatoms. The van der Waals surface area contributed by atoms with Crippen LogP contribution >= 0.6 is 0 Å². The van der Waals surface area contributed by atoms with Gasteiger partial charge in [0.25, 0.3) is 6.71 Å². The molecule has 5 heterocycles. The first-order chi connectivity index (χ1) is 31.7. The van der Waals surface area contributed by atoms with Crippen molar-refractivity contribution in [3.05, 3.63) is 143 Å². The zero-order chi connectivity index (χ0) is 46.6. The van der Waals surface area contributed by atoms with Gasteiger partial charge in [0.1, 0.15) is 0 Å². The molecule has 0 radical (unpaired) electrons. The van der Waals surface area contributed by atoms with Crippen LogP contribution < -0.4 is 26.2 Å². The summed E-state index contributed by atoms with van der Waals surface area (Å²) in [5.74, 6) is 0. The van der Waals surface area contributed by atoms with Gasteiger partial charge >= 0.3 is 0 Å². The second kappa shape index (κ2) is 13.1. The van der Waals surface area contributed by atoms with Gasteiger partial charge in [0.2, 0.25) is 0 Å². The van der Waals surface area contributed by atoms with Crippen molar-refractivity contribution < 1.29 is 0 Å². The molecule has 0 saturated heterocycles. The van der Waals surface area contributed by atoms with Gasteiger partial charge in [-0.2, -0.15) is 0 Å². The van der Waals surface area contributed by atoms with Gasteiger partial charge in [0, 0.05) is 55.6 Å². The van der Waals surface area contributed by atoms with E-state index in [1.807, 2.05) is 0 Å². The quantitative estimate of drug-likeness (QED) is 0.160. The van der Waals surface area contributed by atoms with E-state index in [0.29, 0.717) is 0 Å². The van der Waals surface area contributed by atoms with Gasteiger partial charge in [0.15, 0.2) is 0 Å². The highest BCUT2D eigenvalue weighted by Gasteiger charge is 2.65. The number of aromatic nitrogens is 1. The van der Waals surface area contributed by atoms with Crippen molar-refractivity contribution in [1.29, 1.82) is 0 Å². The Kier molecular flexibility index (Phi) is 8.20. The maximum Gasteiger partial charge on any atom is 0.252 e. The van der Waals surface area contributed by atoms with Crippen molar-refractivity contribution in [3.8, 4) is 5.69 Å². The largest absolute Gasteiger partial charge is 0.335 e. The fraction of sp³-hybridized carbons (Fsp3) is 0.429. The molecule has 4 aliphatic heterocycles. The lowest BCUT2D eigenvalue weighted by Gasteiger charge is -2.54. The Bertz CT molecular complexity index is 3280. The summed E-state index contributed by atoms with van der Waals surface area (Å²) in [6.07, 6.45) is 9.70. The minimum Gasteiger partial charge on any atom is -0.335 e. The van der Waals surface area contributed by atoms with E-state index in [2.05, 4.69) is 207 Å². The van der Waals surface area contributed by atoms with E-state index < -0.39 is 0 Å². The second-order valence-corrected chi connectivity index (χ2v) is 25.8. The van der Waals surface area contributed by atoms with E-state index in [1.165, 1.54) is 133 Å². The van der Waals surface area contributed by atoms with Crippen molar-refractivity contribution in [2.75, 3.05) is 9.80 Å². The Morgan fingerprint density at radius 3 is 1.84 bits per heavy atom. The van der Waals surface area contributed by atoms with Gasteiger partial charge in [-0.05, 0) is 142 Å². The highest BCUT2D eigenvalue weighted by atomic mass is 15.3. The van der Waals surface area contributed by atoms with Crippen LogP contribution in [0.1, 0.15) is 168 Å². The molecule has 0 spiro atoms. The molecule has 3 nitrogen and oxygen atoms in total. The van der Waals surface area contributed by atoms with Gasteiger partial charge in [-0.15, -0.1) is 0 Å². The molecule has 6 aromatic carbocycles. The van der Waals surface area contributed by atoms with Gasteiger partial charge in [-0.25, -0.2) is 0 Å². The molecule has 13 rings (SSSR count). The molecule has 7 aromatic rings. The zero-order valence-corrected chi connectivity index (χ0v) is 42.5. The first kappa shape index (κ1) is 41.9. The standard InChI is InChI=1S/C63H70BN3/c1-57(2,3)40-26-27-50-44(32-40)45-33-41(58(4,5)6)35-48-55(45)65(50)52-37-43(66-51-25-17-16-24-46(51)60(10)28-18-19-29-61(60,66)11)38-53-54(52)64(48)49-36-42(59(7,8)9)34-47-56(49)67(53)62(12)30-20-21-31-63(47,62)39-22-14-13-15-23-39/h13-17,22-27,32-38H,18-21,28-31H2,1-12H3. The van der Waals surface area contributed by atoms with Crippen molar-refractivity contribution in [1.82, 2.24) is 4.57 Å². The number of para-hydroxylation sites is 1. The number of rotatable bonds is 2. The predicted molar refractivity (Wildman–Crippen MR) is 287 cm³/mol. The maximum absolute atomic E-state index is 2.98. The molecule has 2 saturated carbocycles. The van der Waals surface area contributed by atoms with Crippen LogP contribution in [0.25, 0.3) is 27.5 Å². The second-order valence-electron chi connectivity index (χ2n) is 25.8. The van der Waals surface area contributed by atoms with Crippen LogP contribution in [0.2, 0.25) is 0 Å². The average molecular weight is 880 g/mol. The van der Waals surface area contributed by atoms with Gasteiger partial charge < -0.3 is 14.4 Å². The third-order valence-corrected chi connectivity index (χ3v) is 19.2. The summed E-state index contributed by atoms with van der Waals surface area (Å²) in [7, 11) is 0. The van der Waals surface area contributed by atoms with Crippen LogP contribution in [-0.2, 0) is 27.1 Å². The van der Waals surface area contributed by atoms with Crippen LogP contribution in [0.5, 0.6) is 0 Å². The highest BCUT2D eigenvalue weighted by Crippen LogP contribution is 2.66. The molecule has 2 fully saturated rings. The molecule has 0 bridgehead atoms. The number of nitrogens with zero attached hydrogens (tertiary/aromatic N) is 3. The van der Waals surface area contributed by atoms with Gasteiger partial charge in [-0.3, -0.25) is 0 Å². The maximum atomic E-state index is 2.98. The smallest absolute Gasteiger partial charge is 0.252 e. The summed E-state index contributed by atoms with van der Waals surface area (Å²) in [6, 6.07) is 44.8. The monoisotopic (exact) mass is 880 g/mol. The lowest BCUT2D eigenvalue weighted by atomic mass is 9.33. The van der Waals surface area contributed by atoms with Crippen molar-refractivity contribution in [2.45, 2.75) is 173 Å². The normalized spacial score (nSPS) is 25.9. The van der Waals surface area contributed by atoms with E-state index in [1.54, 1.807) is 5.56 Å². The molecule has 4 atom stereocenters. The molecule has 67 heavy (non-hydrogen) atoms. The fourth-order valence-corrected chi connectivity index (χ4v) is 15.5. The summed E-state index contributed by atoms with van der Waals surface area (Å²) in [6.45, 7) is 29.6. The molecule has 0 amide bonds. The molecule has 340 valence electrons. The third-order valence-electron chi connectivity index (χ3n) is 19.2. The van der Waals surface area contributed by atoms with Crippen molar-refractivity contribution in [3.63, 3.8) is 0 Å². The topological polar surface area (TPSA) is 11.4 Å². The zero-order valence-electron chi connectivity index (χ0n) is 42.5. The Balaban J connectivity index is 1.23. The summed E-state index contributed by atoms with van der Waals surface area (Å²) in [5, 5.41) is 2.77. The van der Waals surface area contributed by atoms with E-state index in [9.17, 15) is 0 Å². The van der Waals surface area contributed by atoms with Crippen molar-refractivity contribution in [2.24, 2.45) is 0 Å². The Labute approximate surface area is 401 Å². The van der Waals surface area contributed by atoms with E-state index in [0.717, 1.165) is 12.8 Å². The lowest BCUT2D eigenvalue weighted by Crippen LogP contribution is -2.64. The molecule has 0 N–H and O–H groups in total. The highest BCUT2D eigenvalue weighted by molar-refractivity contribution is 7.00. The summed E-state index contributed by atoms with van der Waals surface area (Å²) in [5.41, 5.74) is 22.6. The number of anilines is 4. The first-order valence-electron chi connectivity index (χ1n) is 26.0. The van der Waals surface area contributed by atoms with Crippen LogP contribution in [0.3, 0.4) is 0 Å². The van der Waals surface area contributed by atoms with E-state index in [-0.39, 0.29) is 44.9 Å². The Morgan fingerprint density at radius 2 is 1.10 bits per heavy atom. The number of fused-ring (bicyclic) bond motifs is 13. The van der Waals surface area contributed by atoms with Crippen molar-refractivity contribution >= 4 is 67.7 Å². The Hall–Kier alpha value is -5.22. The summed E-state index contributed by atoms with van der Waals surface area (Å²) >= 11 is 0. The summed E-state index contributed by atoms with van der Waals surface area (Å²) < 4.78 is 2.76. The molecule has 4 unspecified atom stereocenters. The van der Waals surface area contributed by atoms with Crippen LogP contribution in [0, 0.1) is 0 Å². The van der Waals surface area contributed by atoms with Crippen LogP contribution in [-0.4, -0.2) is 22.4 Å². The molecule has 6 aliphatic rings. The summed E-state index contributed by atoms with van der Waals surface area (Å²) in [4.78, 5) is 5.84. The molecule has 2 aliphatic carbocycles. The van der Waals surface area contributed by atoms with Crippen LogP contribution in [0.15, 0.2) is 109 Å². The number of hydrogen-bond acceptors (Lipinski definition) is 2. The lowest BCUT2D eigenvalue weighted by molar-refractivity contribution is 0.195. The minimum atomic E-state index is -0.188. The predicted octanol–water partition coefficient (Wildman–Crippen LogP) is 14.3. The third kappa shape index (κ3) is 5.11. The number of hydrogen-bond donors (Lipinski definition) is 0. The molecular weight excluding hydrogens is 810 g/mol. The first-order valence-corrected chi connectivity index (χ1v) is 26.0. The molecule has 1 aromatic heterocycles. The van der Waals surface area contributed by atoms with Gasteiger partial charge in [0.05, 0.1) is 16.6 Å². The van der Waals surface area contributed by atoms with Crippen LogP contribution in [0.4, 0.5) is 22.7 Å². The minimum absolute atomic E-state index is 0.0269. The molecular formula is C63H70BN3. The fourth-order valence-electron chi connectivity index (χ4n) is 15.5.